The van der Waals surface area contributed by atoms with Crippen LogP contribution in [0.2, 0.25) is 0 Å². The molecule has 0 unspecified atom stereocenters. The number of hydrogen-bond acceptors (Lipinski definition) is 5. The molecule has 0 aromatic heterocycles. The number of hydrogen-bond donors (Lipinski definition) is 2. The van der Waals surface area contributed by atoms with E-state index >= 15 is 0 Å². The maximum atomic E-state index is 11.5. The van der Waals surface area contributed by atoms with Gasteiger partial charge < -0.3 is 14.2 Å². The Morgan fingerprint density at radius 3 is 2.45 bits per heavy atom. The van der Waals surface area contributed by atoms with Crippen LogP contribution in [-0.4, -0.2) is 38.9 Å². The summed E-state index contributed by atoms with van der Waals surface area (Å²) in [5.41, 5.74) is 2.49. The van der Waals surface area contributed by atoms with Crippen LogP contribution in [0.25, 0.3) is 0 Å². The Kier molecular flexibility index (Phi) is 8.37. The van der Waals surface area contributed by atoms with Crippen molar-refractivity contribution in [3.8, 4) is 5.75 Å². The molecule has 0 radical (unpaired) electrons. The van der Waals surface area contributed by atoms with Gasteiger partial charge in [0.1, 0.15) is 12.4 Å². The van der Waals surface area contributed by atoms with Gasteiger partial charge in [-0.15, -0.1) is 0 Å². The summed E-state index contributed by atoms with van der Waals surface area (Å²) < 4.78 is 16.1. The van der Waals surface area contributed by atoms with Gasteiger partial charge >= 0.3 is 0 Å². The van der Waals surface area contributed by atoms with Gasteiger partial charge in [-0.25, -0.2) is 5.84 Å². The average molecular weight is 282 g/mol. The van der Waals surface area contributed by atoms with E-state index in [9.17, 15) is 4.79 Å². The van der Waals surface area contributed by atoms with E-state index in [4.69, 9.17) is 20.1 Å². The normalized spacial score (nSPS) is 10.3. The number of carbonyl (C=O) groups is 1. The number of para-hydroxylation sites is 1. The lowest BCUT2D eigenvalue weighted by atomic mass is 10.2. The summed E-state index contributed by atoms with van der Waals surface area (Å²) in [7, 11) is 0. The number of ether oxygens (including phenoxy) is 3. The fourth-order valence-corrected chi connectivity index (χ4v) is 1.53. The number of carbonyl (C=O) groups excluding carboxylic acids is 1. The molecule has 1 amide bonds. The summed E-state index contributed by atoms with van der Waals surface area (Å²) in [4.78, 5) is 11.5. The fraction of sp³-hybridized carbons (Fsp3) is 0.500. The Morgan fingerprint density at radius 1 is 1.10 bits per heavy atom. The topological polar surface area (TPSA) is 82.8 Å². The molecule has 1 aromatic carbocycles. The third-order valence-electron chi connectivity index (χ3n) is 2.47. The van der Waals surface area contributed by atoms with Crippen molar-refractivity contribution in [1.82, 2.24) is 5.43 Å². The Bertz CT molecular complexity index is 399. The fourth-order valence-electron chi connectivity index (χ4n) is 1.53. The monoisotopic (exact) mass is 282 g/mol. The molecule has 6 heteroatoms. The second-order valence-corrected chi connectivity index (χ2v) is 4.04. The molecule has 0 aliphatic carbocycles. The first-order valence-corrected chi connectivity index (χ1v) is 6.67. The van der Waals surface area contributed by atoms with Crippen LogP contribution in [0.4, 0.5) is 0 Å². The van der Waals surface area contributed by atoms with Crippen molar-refractivity contribution >= 4 is 5.91 Å². The number of amides is 1. The lowest BCUT2D eigenvalue weighted by Gasteiger charge is -2.10. The van der Waals surface area contributed by atoms with Crippen molar-refractivity contribution in [2.24, 2.45) is 5.84 Å². The summed E-state index contributed by atoms with van der Waals surface area (Å²) >= 11 is 0. The molecule has 1 rings (SSSR count). The minimum atomic E-state index is -0.380. The van der Waals surface area contributed by atoms with E-state index in [-0.39, 0.29) is 5.91 Å². The van der Waals surface area contributed by atoms with Crippen LogP contribution in [0.15, 0.2) is 24.3 Å². The van der Waals surface area contributed by atoms with E-state index in [0.29, 0.717) is 37.7 Å². The van der Waals surface area contributed by atoms with Gasteiger partial charge in [-0.2, -0.15) is 0 Å². The van der Waals surface area contributed by atoms with Gasteiger partial charge in [0.2, 0.25) is 0 Å². The average Bonchev–Trinajstić information content (AvgIpc) is 2.49. The highest BCUT2D eigenvalue weighted by Gasteiger charge is 2.09. The van der Waals surface area contributed by atoms with Crippen molar-refractivity contribution in [1.29, 1.82) is 0 Å². The zero-order valence-electron chi connectivity index (χ0n) is 11.8. The van der Waals surface area contributed by atoms with E-state index in [2.05, 4.69) is 12.3 Å². The molecule has 0 aliphatic rings. The van der Waals surface area contributed by atoms with Gasteiger partial charge in [-0.1, -0.05) is 19.1 Å². The highest BCUT2D eigenvalue weighted by Crippen LogP contribution is 2.17. The molecule has 6 nitrogen and oxygen atoms in total. The van der Waals surface area contributed by atoms with Gasteiger partial charge in [-0.3, -0.25) is 10.2 Å². The third kappa shape index (κ3) is 6.01. The van der Waals surface area contributed by atoms with E-state index in [0.717, 1.165) is 13.0 Å². The second kappa shape index (κ2) is 10.2. The first-order chi connectivity index (χ1) is 9.79. The summed E-state index contributed by atoms with van der Waals surface area (Å²) in [6.07, 6.45) is 1.00. The second-order valence-electron chi connectivity index (χ2n) is 4.04. The highest BCUT2D eigenvalue weighted by atomic mass is 16.5. The van der Waals surface area contributed by atoms with E-state index < -0.39 is 0 Å². The molecule has 0 saturated heterocycles. The summed E-state index contributed by atoms with van der Waals surface area (Å²) in [6.45, 7) is 4.73. The van der Waals surface area contributed by atoms with Gasteiger partial charge in [0.25, 0.3) is 5.91 Å². The van der Waals surface area contributed by atoms with Crippen LogP contribution >= 0.6 is 0 Å². The first kappa shape index (κ1) is 16.4. The number of hydrazine groups is 1. The molecule has 0 spiro atoms. The van der Waals surface area contributed by atoms with Crippen LogP contribution in [0.1, 0.15) is 23.7 Å². The standard InChI is InChI=1S/C14H22N2O4/c1-2-7-18-8-9-19-10-11-20-13-6-4-3-5-12(13)14(17)16-15/h3-6H,2,7-11,15H2,1H3,(H,16,17). The number of benzene rings is 1. The third-order valence-corrected chi connectivity index (χ3v) is 2.47. The Hall–Kier alpha value is -1.63. The first-order valence-electron chi connectivity index (χ1n) is 6.67. The quantitative estimate of drug-likeness (QED) is 0.291. The number of nitrogens with two attached hydrogens (primary N) is 1. The lowest BCUT2D eigenvalue weighted by Crippen LogP contribution is -2.30. The highest BCUT2D eigenvalue weighted by molar-refractivity contribution is 5.96. The number of rotatable bonds is 10. The molecule has 112 valence electrons. The predicted octanol–water partition coefficient (Wildman–Crippen LogP) is 1.11. The molecule has 0 saturated carbocycles. The minimum Gasteiger partial charge on any atom is -0.490 e. The van der Waals surface area contributed by atoms with Crippen LogP contribution in [-0.2, 0) is 9.47 Å². The van der Waals surface area contributed by atoms with Gasteiger partial charge in [0.05, 0.1) is 25.4 Å². The molecule has 0 aliphatic heterocycles. The smallest absolute Gasteiger partial charge is 0.268 e. The number of nitrogens with one attached hydrogen (secondary N) is 1. The zero-order valence-corrected chi connectivity index (χ0v) is 11.8. The maximum absolute atomic E-state index is 11.5. The molecular weight excluding hydrogens is 260 g/mol. The summed E-state index contributed by atoms with van der Waals surface area (Å²) in [5.74, 6) is 5.22. The molecule has 0 bridgehead atoms. The molecule has 20 heavy (non-hydrogen) atoms. The summed E-state index contributed by atoms with van der Waals surface area (Å²) in [6, 6.07) is 6.91. The van der Waals surface area contributed by atoms with E-state index in [1.54, 1.807) is 24.3 Å². The van der Waals surface area contributed by atoms with Crippen LogP contribution in [0.5, 0.6) is 5.75 Å². The van der Waals surface area contributed by atoms with Crippen molar-refractivity contribution in [2.45, 2.75) is 13.3 Å². The predicted molar refractivity (Wildman–Crippen MR) is 75.5 cm³/mol. The molecule has 1 aromatic rings. The zero-order chi connectivity index (χ0) is 14.6. The van der Waals surface area contributed by atoms with Crippen molar-refractivity contribution in [2.75, 3.05) is 33.0 Å². The molecule has 3 N–H and O–H groups in total. The Morgan fingerprint density at radius 2 is 1.75 bits per heavy atom. The SMILES string of the molecule is CCCOCCOCCOc1ccccc1C(=O)NN. The molecule has 0 fully saturated rings. The van der Waals surface area contributed by atoms with Crippen molar-refractivity contribution in [3.63, 3.8) is 0 Å². The maximum Gasteiger partial charge on any atom is 0.268 e. The summed E-state index contributed by atoms with van der Waals surface area (Å²) in [5, 5.41) is 0. The van der Waals surface area contributed by atoms with Gasteiger partial charge in [0, 0.05) is 6.61 Å². The van der Waals surface area contributed by atoms with Crippen molar-refractivity contribution < 1.29 is 19.0 Å². The molecule has 0 atom stereocenters. The number of nitrogen functional groups attached to an aromatic ring is 1. The Labute approximate surface area is 119 Å². The van der Waals surface area contributed by atoms with E-state index in [1.165, 1.54) is 0 Å². The van der Waals surface area contributed by atoms with Gasteiger partial charge in [-0.05, 0) is 18.6 Å². The van der Waals surface area contributed by atoms with E-state index in [1.807, 2.05) is 0 Å². The largest absolute Gasteiger partial charge is 0.490 e. The van der Waals surface area contributed by atoms with Crippen LogP contribution in [0.3, 0.4) is 0 Å². The van der Waals surface area contributed by atoms with Gasteiger partial charge in [0.15, 0.2) is 0 Å². The van der Waals surface area contributed by atoms with Crippen LogP contribution < -0.4 is 16.0 Å². The lowest BCUT2D eigenvalue weighted by molar-refractivity contribution is 0.0364. The van der Waals surface area contributed by atoms with Crippen molar-refractivity contribution in [3.05, 3.63) is 29.8 Å². The molecular formula is C14H22N2O4. The van der Waals surface area contributed by atoms with Crippen LogP contribution in [0, 0.1) is 0 Å². The minimum absolute atomic E-state index is 0.364. The molecule has 0 heterocycles. The Balaban J connectivity index is 2.23.